The summed E-state index contributed by atoms with van der Waals surface area (Å²) in [6.45, 7) is 4.18. The third-order valence-corrected chi connectivity index (χ3v) is 3.54. The van der Waals surface area contributed by atoms with Crippen molar-refractivity contribution in [2.45, 2.75) is 32.2 Å². The van der Waals surface area contributed by atoms with Gasteiger partial charge in [0.1, 0.15) is 12.4 Å². The Balaban J connectivity index is 2.08. The van der Waals surface area contributed by atoms with Crippen molar-refractivity contribution in [2.75, 3.05) is 13.7 Å². The molecule has 4 heteroatoms. The van der Waals surface area contributed by atoms with Crippen molar-refractivity contribution in [1.29, 1.82) is 0 Å². The predicted octanol–water partition coefficient (Wildman–Crippen LogP) is 1.96. The first kappa shape index (κ1) is 13.9. The van der Waals surface area contributed by atoms with Crippen LogP contribution in [-0.2, 0) is 9.53 Å². The number of aryl methyl sites for hydroxylation is 2. The van der Waals surface area contributed by atoms with Gasteiger partial charge >= 0.3 is 5.97 Å². The number of benzene rings is 1. The zero-order valence-corrected chi connectivity index (χ0v) is 11.7. The summed E-state index contributed by atoms with van der Waals surface area (Å²) < 4.78 is 10.5. The number of rotatable bonds is 5. The molecule has 0 heterocycles. The van der Waals surface area contributed by atoms with Crippen LogP contribution in [0, 0.1) is 19.8 Å². The molecule has 104 valence electrons. The van der Waals surface area contributed by atoms with Crippen LogP contribution in [0.25, 0.3) is 0 Å². The summed E-state index contributed by atoms with van der Waals surface area (Å²) >= 11 is 0. The van der Waals surface area contributed by atoms with Crippen LogP contribution < -0.4 is 10.5 Å². The second-order valence-electron chi connectivity index (χ2n) is 5.42. The van der Waals surface area contributed by atoms with E-state index in [4.69, 9.17) is 15.2 Å². The molecule has 1 aliphatic rings. The molecular formula is C15H21NO3. The minimum absolute atomic E-state index is 0.160. The van der Waals surface area contributed by atoms with Gasteiger partial charge in [-0.15, -0.1) is 0 Å². The number of carbonyl (C=O) groups excluding carboxylic acids is 1. The fourth-order valence-corrected chi connectivity index (χ4v) is 2.35. The third kappa shape index (κ3) is 3.07. The van der Waals surface area contributed by atoms with E-state index in [-0.39, 0.29) is 18.5 Å². The molecule has 1 aromatic rings. The van der Waals surface area contributed by atoms with Gasteiger partial charge in [0.15, 0.2) is 5.54 Å². The molecule has 0 radical (unpaired) electrons. The molecule has 0 amide bonds. The van der Waals surface area contributed by atoms with Gasteiger partial charge < -0.3 is 15.2 Å². The molecule has 2 N–H and O–H groups in total. The molecule has 1 fully saturated rings. The van der Waals surface area contributed by atoms with E-state index in [1.807, 2.05) is 26.0 Å². The Hall–Kier alpha value is -1.55. The summed E-state index contributed by atoms with van der Waals surface area (Å²) in [6.07, 6.45) is 1.92. The molecule has 0 aliphatic heterocycles. The molecule has 0 aromatic heterocycles. The van der Waals surface area contributed by atoms with Crippen LogP contribution in [0.1, 0.15) is 24.0 Å². The van der Waals surface area contributed by atoms with E-state index in [0.29, 0.717) is 0 Å². The maximum absolute atomic E-state index is 11.8. The van der Waals surface area contributed by atoms with Gasteiger partial charge in [-0.25, -0.2) is 4.79 Å². The topological polar surface area (TPSA) is 61.5 Å². The minimum atomic E-state index is -1.02. The highest BCUT2D eigenvalue weighted by molar-refractivity contribution is 5.81. The second-order valence-corrected chi connectivity index (χ2v) is 5.42. The lowest BCUT2D eigenvalue weighted by Crippen LogP contribution is -2.55. The molecule has 1 unspecified atom stereocenters. The van der Waals surface area contributed by atoms with E-state index in [1.165, 1.54) is 7.11 Å². The van der Waals surface area contributed by atoms with E-state index in [9.17, 15) is 4.79 Å². The Bertz CT molecular complexity index is 462. The first-order chi connectivity index (χ1) is 8.95. The summed E-state index contributed by atoms with van der Waals surface area (Å²) in [4.78, 5) is 11.8. The number of hydrogen-bond donors (Lipinski definition) is 1. The predicted molar refractivity (Wildman–Crippen MR) is 73.1 cm³/mol. The average Bonchev–Trinajstić information content (AvgIpc) is 3.18. The van der Waals surface area contributed by atoms with Crippen molar-refractivity contribution in [3.05, 3.63) is 29.3 Å². The number of methoxy groups -OCH3 is 1. The van der Waals surface area contributed by atoms with E-state index in [2.05, 4.69) is 6.07 Å². The van der Waals surface area contributed by atoms with Crippen LogP contribution in [0.4, 0.5) is 0 Å². The lowest BCUT2D eigenvalue weighted by Gasteiger charge is -2.26. The first-order valence-electron chi connectivity index (χ1n) is 6.54. The van der Waals surface area contributed by atoms with Gasteiger partial charge in [-0.05, 0) is 55.9 Å². The Morgan fingerprint density at radius 3 is 2.37 bits per heavy atom. The Morgan fingerprint density at radius 1 is 1.32 bits per heavy atom. The van der Waals surface area contributed by atoms with E-state index >= 15 is 0 Å². The Kier molecular flexibility index (Phi) is 3.80. The molecule has 0 spiro atoms. The van der Waals surface area contributed by atoms with Crippen LogP contribution >= 0.6 is 0 Å². The van der Waals surface area contributed by atoms with Crippen molar-refractivity contribution < 1.29 is 14.3 Å². The molecule has 1 saturated carbocycles. The number of carbonyl (C=O) groups is 1. The molecule has 19 heavy (non-hydrogen) atoms. The molecule has 1 aliphatic carbocycles. The molecule has 2 rings (SSSR count). The van der Waals surface area contributed by atoms with Gasteiger partial charge in [-0.3, -0.25) is 0 Å². The quantitative estimate of drug-likeness (QED) is 0.825. The SMILES string of the molecule is COC(=O)C(N)(COc1cc(C)cc(C)c1)C1CC1. The summed E-state index contributed by atoms with van der Waals surface area (Å²) in [5.74, 6) is 0.530. The van der Waals surface area contributed by atoms with Crippen molar-refractivity contribution in [3.63, 3.8) is 0 Å². The van der Waals surface area contributed by atoms with Gasteiger partial charge in [-0.2, -0.15) is 0 Å². The van der Waals surface area contributed by atoms with Crippen LogP contribution in [0.15, 0.2) is 18.2 Å². The maximum Gasteiger partial charge on any atom is 0.329 e. The van der Waals surface area contributed by atoms with Crippen LogP contribution in [0.5, 0.6) is 5.75 Å². The van der Waals surface area contributed by atoms with Gasteiger partial charge in [0.25, 0.3) is 0 Å². The smallest absolute Gasteiger partial charge is 0.329 e. The fourth-order valence-electron chi connectivity index (χ4n) is 2.35. The number of nitrogens with two attached hydrogens (primary N) is 1. The highest BCUT2D eigenvalue weighted by Crippen LogP contribution is 2.39. The highest BCUT2D eigenvalue weighted by Gasteiger charge is 2.49. The highest BCUT2D eigenvalue weighted by atomic mass is 16.5. The molecule has 0 bridgehead atoms. The third-order valence-electron chi connectivity index (χ3n) is 3.54. The molecule has 0 saturated heterocycles. The summed E-state index contributed by atoms with van der Waals surface area (Å²) in [5, 5.41) is 0. The van der Waals surface area contributed by atoms with Crippen molar-refractivity contribution >= 4 is 5.97 Å². The molecule has 1 aromatic carbocycles. The van der Waals surface area contributed by atoms with Crippen molar-refractivity contribution in [3.8, 4) is 5.75 Å². The van der Waals surface area contributed by atoms with Gasteiger partial charge in [0.2, 0.25) is 0 Å². The second kappa shape index (κ2) is 5.21. The number of esters is 1. The largest absolute Gasteiger partial charge is 0.491 e. The Morgan fingerprint density at radius 2 is 1.89 bits per heavy atom. The van der Waals surface area contributed by atoms with Crippen molar-refractivity contribution in [1.82, 2.24) is 0 Å². The van der Waals surface area contributed by atoms with Crippen LogP contribution in [0.3, 0.4) is 0 Å². The normalized spacial score (nSPS) is 17.7. The van der Waals surface area contributed by atoms with Crippen molar-refractivity contribution in [2.24, 2.45) is 11.7 Å². The zero-order chi connectivity index (χ0) is 14.0. The molecule has 4 nitrogen and oxygen atoms in total. The average molecular weight is 263 g/mol. The monoisotopic (exact) mass is 263 g/mol. The lowest BCUT2D eigenvalue weighted by atomic mass is 9.96. The Labute approximate surface area is 113 Å². The summed E-state index contributed by atoms with van der Waals surface area (Å²) in [7, 11) is 1.36. The zero-order valence-electron chi connectivity index (χ0n) is 11.7. The van der Waals surface area contributed by atoms with E-state index < -0.39 is 5.54 Å². The number of ether oxygens (including phenoxy) is 2. The van der Waals surface area contributed by atoms with Gasteiger partial charge in [-0.1, -0.05) is 6.07 Å². The first-order valence-corrected chi connectivity index (χ1v) is 6.54. The van der Waals surface area contributed by atoms with Crippen LogP contribution in [0.2, 0.25) is 0 Å². The van der Waals surface area contributed by atoms with Gasteiger partial charge in [0.05, 0.1) is 7.11 Å². The van der Waals surface area contributed by atoms with Gasteiger partial charge in [0, 0.05) is 0 Å². The standard InChI is InChI=1S/C15H21NO3/c1-10-6-11(2)8-13(7-10)19-9-15(16,12-4-5-12)14(17)18-3/h6-8,12H,4-5,9,16H2,1-3H3. The summed E-state index contributed by atoms with van der Waals surface area (Å²) in [5.41, 5.74) is 7.41. The number of hydrogen-bond acceptors (Lipinski definition) is 4. The lowest BCUT2D eigenvalue weighted by molar-refractivity contribution is -0.149. The fraction of sp³-hybridized carbons (Fsp3) is 0.533. The molecule has 1 atom stereocenters. The minimum Gasteiger partial charge on any atom is -0.491 e. The van der Waals surface area contributed by atoms with E-state index in [1.54, 1.807) is 0 Å². The van der Waals surface area contributed by atoms with E-state index in [0.717, 1.165) is 29.7 Å². The molecular weight excluding hydrogens is 242 g/mol. The van der Waals surface area contributed by atoms with Crippen LogP contribution in [-0.4, -0.2) is 25.2 Å². The summed E-state index contributed by atoms with van der Waals surface area (Å²) in [6, 6.07) is 5.96. The maximum atomic E-state index is 11.8.